The van der Waals surface area contributed by atoms with Crippen LogP contribution in [0.5, 0.6) is 0 Å². The molecule has 2 atom stereocenters. The van der Waals surface area contributed by atoms with Crippen molar-refractivity contribution < 1.29 is 19.5 Å². The zero-order chi connectivity index (χ0) is 23.6. The number of aliphatic carboxylic acids is 1. The van der Waals surface area contributed by atoms with E-state index in [-0.39, 0.29) is 17.0 Å². The van der Waals surface area contributed by atoms with Crippen LogP contribution < -0.4 is 5.32 Å². The minimum Gasteiger partial charge on any atom is -0.480 e. The van der Waals surface area contributed by atoms with E-state index in [1.54, 1.807) is 17.9 Å². The van der Waals surface area contributed by atoms with Gasteiger partial charge in [-0.15, -0.1) is 0 Å². The average molecular weight is 471 g/mol. The Hall–Kier alpha value is -2.97. The third-order valence-corrected chi connectivity index (χ3v) is 6.76. The first-order chi connectivity index (χ1) is 15.8. The van der Waals surface area contributed by atoms with Crippen LogP contribution in [0.15, 0.2) is 48.7 Å². The summed E-state index contributed by atoms with van der Waals surface area (Å²) in [6, 6.07) is 11.4. The Kier molecular flexibility index (Phi) is 6.67. The van der Waals surface area contributed by atoms with Crippen molar-refractivity contribution in [1.29, 1.82) is 0 Å². The van der Waals surface area contributed by atoms with Gasteiger partial charge in [0.25, 0.3) is 5.91 Å². The van der Waals surface area contributed by atoms with Crippen molar-refractivity contribution in [3.05, 3.63) is 64.9 Å². The van der Waals surface area contributed by atoms with Gasteiger partial charge in [0, 0.05) is 37.7 Å². The molecule has 3 heterocycles. The molecular formula is C24H27ClN4O4. The second-order valence-electron chi connectivity index (χ2n) is 8.55. The van der Waals surface area contributed by atoms with Crippen molar-refractivity contribution in [3.8, 4) is 0 Å². The summed E-state index contributed by atoms with van der Waals surface area (Å²) in [6.07, 6.45) is 3.16. The lowest BCUT2D eigenvalue weighted by Gasteiger charge is -2.46. The van der Waals surface area contributed by atoms with Gasteiger partial charge < -0.3 is 14.9 Å². The summed E-state index contributed by atoms with van der Waals surface area (Å²) >= 11 is 5.93. The van der Waals surface area contributed by atoms with Crippen molar-refractivity contribution in [2.75, 3.05) is 13.1 Å². The largest absolute Gasteiger partial charge is 0.480 e. The molecule has 2 unspecified atom stereocenters. The van der Waals surface area contributed by atoms with Crippen LogP contribution in [-0.2, 0) is 16.0 Å². The maximum Gasteiger partial charge on any atom is 0.326 e. The monoisotopic (exact) mass is 470 g/mol. The highest BCUT2D eigenvalue weighted by Gasteiger charge is 2.55. The molecule has 1 aromatic heterocycles. The van der Waals surface area contributed by atoms with Crippen LogP contribution in [0, 0.1) is 0 Å². The standard InChI is InChI=1S/C24H27ClN4O4/c1-2-19(23(32)33)29-22(31)18(14-16-6-4-3-5-7-16)27-24(29)9-12-28(13-10-24)21(30)17-8-11-26-20(25)15-17/h3-8,11,15,18-19,27H,2,9-10,12-14H2,1H3,(H,32,33). The van der Waals surface area contributed by atoms with Gasteiger partial charge in [-0.1, -0.05) is 48.9 Å². The molecule has 2 aliphatic heterocycles. The SMILES string of the molecule is CCC(C(=O)O)N1C(=O)C(Cc2ccccc2)NC12CCN(C(=O)c1ccnc(Cl)c1)CC2. The van der Waals surface area contributed by atoms with E-state index in [4.69, 9.17) is 11.6 Å². The Morgan fingerprint density at radius 3 is 2.55 bits per heavy atom. The lowest BCUT2D eigenvalue weighted by atomic mass is 9.93. The predicted molar refractivity (Wildman–Crippen MR) is 123 cm³/mol. The molecule has 2 saturated heterocycles. The highest BCUT2D eigenvalue weighted by molar-refractivity contribution is 6.29. The molecular weight excluding hydrogens is 444 g/mol. The number of carboxylic acids is 1. The summed E-state index contributed by atoms with van der Waals surface area (Å²) in [7, 11) is 0. The van der Waals surface area contributed by atoms with Crippen LogP contribution in [0.1, 0.15) is 42.1 Å². The molecule has 4 rings (SSSR count). The highest BCUT2D eigenvalue weighted by atomic mass is 35.5. The number of nitrogens with zero attached hydrogens (tertiary/aromatic N) is 3. The number of nitrogens with one attached hydrogen (secondary N) is 1. The van der Waals surface area contributed by atoms with Crippen LogP contribution in [0.3, 0.4) is 0 Å². The number of pyridine rings is 1. The molecule has 2 amide bonds. The smallest absolute Gasteiger partial charge is 0.326 e. The fourth-order valence-electron chi connectivity index (χ4n) is 4.93. The van der Waals surface area contributed by atoms with Gasteiger partial charge >= 0.3 is 5.97 Å². The number of amides is 2. The number of carbonyl (C=O) groups excluding carboxylic acids is 2. The van der Waals surface area contributed by atoms with Gasteiger partial charge in [-0.25, -0.2) is 9.78 Å². The number of hydrogen-bond donors (Lipinski definition) is 2. The van der Waals surface area contributed by atoms with Gasteiger partial charge in [0.05, 0.1) is 11.7 Å². The van der Waals surface area contributed by atoms with Gasteiger partial charge in [0.2, 0.25) is 5.91 Å². The van der Waals surface area contributed by atoms with Crippen LogP contribution in [0.4, 0.5) is 0 Å². The van der Waals surface area contributed by atoms with Gasteiger partial charge in [-0.05, 0) is 30.5 Å². The third-order valence-electron chi connectivity index (χ3n) is 6.56. The zero-order valence-electron chi connectivity index (χ0n) is 18.4. The lowest BCUT2D eigenvalue weighted by Crippen LogP contribution is -2.63. The Balaban J connectivity index is 1.56. The molecule has 2 aromatic rings. The van der Waals surface area contributed by atoms with Crippen LogP contribution in [0.25, 0.3) is 0 Å². The van der Waals surface area contributed by atoms with E-state index in [0.717, 1.165) is 5.56 Å². The molecule has 8 nitrogen and oxygen atoms in total. The Bertz CT molecular complexity index is 1040. The number of rotatable bonds is 6. The maximum atomic E-state index is 13.5. The first-order valence-corrected chi connectivity index (χ1v) is 11.5. The summed E-state index contributed by atoms with van der Waals surface area (Å²) < 4.78 is 0. The second kappa shape index (κ2) is 9.49. The highest BCUT2D eigenvalue weighted by Crippen LogP contribution is 2.36. The molecule has 9 heteroatoms. The first kappa shape index (κ1) is 23.2. The zero-order valence-corrected chi connectivity index (χ0v) is 19.2. The average Bonchev–Trinajstić information content (AvgIpc) is 3.06. The van der Waals surface area contributed by atoms with Crippen molar-refractivity contribution >= 4 is 29.4 Å². The van der Waals surface area contributed by atoms with E-state index in [1.807, 2.05) is 30.3 Å². The Morgan fingerprint density at radius 1 is 1.24 bits per heavy atom. The fraction of sp³-hybridized carbons (Fsp3) is 0.417. The lowest BCUT2D eigenvalue weighted by molar-refractivity contribution is -0.154. The molecule has 0 radical (unpaired) electrons. The van der Waals surface area contributed by atoms with Crippen molar-refractivity contribution in [3.63, 3.8) is 0 Å². The van der Waals surface area contributed by atoms with Crippen molar-refractivity contribution in [1.82, 2.24) is 20.1 Å². The maximum absolute atomic E-state index is 13.5. The molecule has 2 fully saturated rings. The summed E-state index contributed by atoms with van der Waals surface area (Å²) in [4.78, 5) is 45.6. The summed E-state index contributed by atoms with van der Waals surface area (Å²) in [5.74, 6) is -1.37. The number of aromatic nitrogens is 1. The van der Waals surface area contributed by atoms with Crippen molar-refractivity contribution in [2.45, 2.75) is 50.4 Å². The van der Waals surface area contributed by atoms with E-state index in [0.29, 0.717) is 44.3 Å². The van der Waals surface area contributed by atoms with Gasteiger partial charge in [0.1, 0.15) is 11.2 Å². The molecule has 174 valence electrons. The first-order valence-electron chi connectivity index (χ1n) is 11.1. The van der Waals surface area contributed by atoms with E-state index < -0.39 is 23.7 Å². The molecule has 1 spiro atoms. The topological polar surface area (TPSA) is 103 Å². The molecule has 1 aromatic carbocycles. The fourth-order valence-corrected chi connectivity index (χ4v) is 5.10. The molecule has 33 heavy (non-hydrogen) atoms. The van der Waals surface area contributed by atoms with Crippen molar-refractivity contribution in [2.24, 2.45) is 0 Å². The quantitative estimate of drug-likeness (QED) is 0.629. The number of likely N-dealkylation sites (tertiary alicyclic amines) is 1. The van der Waals surface area contributed by atoms with E-state index in [2.05, 4.69) is 10.3 Å². The molecule has 2 N–H and O–H groups in total. The number of carboxylic acid groups (broad SMARTS) is 1. The van der Waals surface area contributed by atoms with E-state index in [1.165, 1.54) is 17.2 Å². The molecule has 0 aliphatic carbocycles. The van der Waals surface area contributed by atoms with E-state index >= 15 is 0 Å². The Morgan fingerprint density at radius 2 is 1.94 bits per heavy atom. The minimum absolute atomic E-state index is 0.156. The number of benzene rings is 1. The van der Waals surface area contributed by atoms with Gasteiger partial charge in [0.15, 0.2) is 0 Å². The van der Waals surface area contributed by atoms with Gasteiger partial charge in [-0.2, -0.15) is 0 Å². The van der Waals surface area contributed by atoms with Crippen LogP contribution in [0.2, 0.25) is 5.15 Å². The molecule has 0 saturated carbocycles. The molecule has 0 bridgehead atoms. The van der Waals surface area contributed by atoms with Gasteiger partial charge in [-0.3, -0.25) is 14.9 Å². The van der Waals surface area contributed by atoms with E-state index in [9.17, 15) is 19.5 Å². The number of carbonyl (C=O) groups is 3. The summed E-state index contributed by atoms with van der Waals surface area (Å²) in [6.45, 7) is 2.56. The normalized spacial score (nSPS) is 20.8. The van der Waals surface area contributed by atoms with Crippen LogP contribution in [-0.4, -0.2) is 68.5 Å². The number of hydrogen-bond acceptors (Lipinski definition) is 5. The third kappa shape index (κ3) is 4.58. The second-order valence-corrected chi connectivity index (χ2v) is 8.94. The number of halogens is 1. The predicted octanol–water partition coefficient (Wildman–Crippen LogP) is 2.57. The minimum atomic E-state index is -1.02. The Labute approximate surface area is 197 Å². The molecule has 2 aliphatic rings. The number of piperidine rings is 1. The summed E-state index contributed by atoms with van der Waals surface area (Å²) in [5.41, 5.74) is 0.658. The van der Waals surface area contributed by atoms with Crippen LogP contribution >= 0.6 is 11.6 Å². The summed E-state index contributed by atoms with van der Waals surface area (Å²) in [5, 5.41) is 13.6.